The molecule has 90 valence electrons. The third kappa shape index (κ3) is 2.81. The molecule has 0 spiro atoms. The fourth-order valence-corrected chi connectivity index (χ4v) is 4.66. The molecular formula is C10H15NO3S2. The highest BCUT2D eigenvalue weighted by Crippen LogP contribution is 2.24. The summed E-state index contributed by atoms with van der Waals surface area (Å²) in [7, 11) is -2.90. The molecule has 1 aliphatic heterocycles. The number of aliphatic hydroxyl groups is 1. The maximum atomic E-state index is 11.3. The second-order valence-corrected chi connectivity index (χ2v) is 7.49. The predicted octanol–water partition coefficient (Wildman–Crippen LogP) is 0.790. The molecule has 1 N–H and O–H groups in total. The molecule has 2 heterocycles. The summed E-state index contributed by atoms with van der Waals surface area (Å²) in [5, 5.41) is 12.8. The van der Waals surface area contributed by atoms with Crippen LogP contribution in [0.3, 0.4) is 0 Å². The summed E-state index contributed by atoms with van der Waals surface area (Å²) >= 11 is 1.52. The Morgan fingerprint density at radius 3 is 2.94 bits per heavy atom. The standard InChI is InChI=1S/C10H15NO3S2/c1-7-5-15-10(11-7)4-9(12)8-2-3-16(13,14)6-8/h5,8-9,12H,2-4,6H2,1H3. The van der Waals surface area contributed by atoms with E-state index in [9.17, 15) is 13.5 Å². The lowest BCUT2D eigenvalue weighted by atomic mass is 10.00. The van der Waals surface area contributed by atoms with Crippen LogP contribution in [0.4, 0.5) is 0 Å². The number of aliphatic hydroxyl groups excluding tert-OH is 1. The molecule has 1 fully saturated rings. The van der Waals surface area contributed by atoms with Crippen LogP contribution >= 0.6 is 11.3 Å². The van der Waals surface area contributed by atoms with Crippen molar-refractivity contribution in [2.45, 2.75) is 25.9 Å². The molecule has 0 amide bonds. The molecule has 16 heavy (non-hydrogen) atoms. The molecule has 0 bridgehead atoms. The topological polar surface area (TPSA) is 67.3 Å². The molecule has 0 aliphatic carbocycles. The summed E-state index contributed by atoms with van der Waals surface area (Å²) in [5.74, 6) is 0.221. The van der Waals surface area contributed by atoms with Crippen LogP contribution in [0.25, 0.3) is 0 Å². The van der Waals surface area contributed by atoms with E-state index < -0.39 is 15.9 Å². The smallest absolute Gasteiger partial charge is 0.150 e. The molecular weight excluding hydrogens is 246 g/mol. The molecule has 2 rings (SSSR count). The number of aryl methyl sites for hydroxylation is 1. The van der Waals surface area contributed by atoms with Gasteiger partial charge in [0, 0.05) is 23.4 Å². The van der Waals surface area contributed by atoms with Crippen molar-refractivity contribution in [1.82, 2.24) is 4.98 Å². The van der Waals surface area contributed by atoms with E-state index in [2.05, 4.69) is 4.98 Å². The highest BCUT2D eigenvalue weighted by molar-refractivity contribution is 7.91. The molecule has 2 unspecified atom stereocenters. The van der Waals surface area contributed by atoms with E-state index in [0.717, 1.165) is 10.7 Å². The van der Waals surface area contributed by atoms with Crippen LogP contribution in [0.15, 0.2) is 5.38 Å². The van der Waals surface area contributed by atoms with Crippen LogP contribution in [0.1, 0.15) is 17.1 Å². The minimum Gasteiger partial charge on any atom is -0.392 e. The molecule has 4 nitrogen and oxygen atoms in total. The van der Waals surface area contributed by atoms with E-state index in [-0.39, 0.29) is 17.4 Å². The number of thiazole rings is 1. The van der Waals surface area contributed by atoms with Crippen LogP contribution < -0.4 is 0 Å². The fraction of sp³-hybridized carbons (Fsp3) is 0.700. The van der Waals surface area contributed by atoms with E-state index in [1.165, 1.54) is 11.3 Å². The van der Waals surface area contributed by atoms with Crippen molar-refractivity contribution in [2.24, 2.45) is 5.92 Å². The molecule has 1 saturated heterocycles. The van der Waals surface area contributed by atoms with Crippen LogP contribution in [0, 0.1) is 12.8 Å². The molecule has 1 aromatic heterocycles. The van der Waals surface area contributed by atoms with Gasteiger partial charge in [-0.05, 0) is 13.3 Å². The molecule has 0 radical (unpaired) electrons. The maximum absolute atomic E-state index is 11.3. The Kier molecular flexibility index (Phi) is 3.32. The zero-order chi connectivity index (χ0) is 11.8. The van der Waals surface area contributed by atoms with Gasteiger partial charge in [-0.2, -0.15) is 0 Å². The van der Waals surface area contributed by atoms with Gasteiger partial charge in [0.25, 0.3) is 0 Å². The molecule has 1 aromatic rings. The van der Waals surface area contributed by atoms with Crippen LogP contribution in [-0.4, -0.2) is 36.1 Å². The predicted molar refractivity (Wildman–Crippen MR) is 63.3 cm³/mol. The second kappa shape index (κ2) is 4.43. The van der Waals surface area contributed by atoms with Gasteiger partial charge in [0.05, 0.1) is 22.6 Å². The van der Waals surface area contributed by atoms with E-state index >= 15 is 0 Å². The van der Waals surface area contributed by atoms with Gasteiger partial charge in [-0.1, -0.05) is 0 Å². The zero-order valence-electron chi connectivity index (χ0n) is 9.09. The molecule has 1 aliphatic rings. The summed E-state index contributed by atoms with van der Waals surface area (Å²) in [4.78, 5) is 4.27. The minimum absolute atomic E-state index is 0.116. The monoisotopic (exact) mass is 261 g/mol. The van der Waals surface area contributed by atoms with Gasteiger partial charge in [0.1, 0.15) is 0 Å². The number of sulfone groups is 1. The van der Waals surface area contributed by atoms with E-state index in [4.69, 9.17) is 0 Å². The van der Waals surface area contributed by atoms with Crippen molar-refractivity contribution >= 4 is 21.2 Å². The molecule has 6 heteroatoms. The quantitative estimate of drug-likeness (QED) is 0.873. The highest BCUT2D eigenvalue weighted by Gasteiger charge is 2.33. The maximum Gasteiger partial charge on any atom is 0.150 e. The minimum atomic E-state index is -2.90. The zero-order valence-corrected chi connectivity index (χ0v) is 10.7. The summed E-state index contributed by atoms with van der Waals surface area (Å²) in [5.41, 5.74) is 0.950. The summed E-state index contributed by atoms with van der Waals surface area (Å²) in [6.45, 7) is 1.91. The van der Waals surface area contributed by atoms with Crippen LogP contribution in [0.5, 0.6) is 0 Å². The number of nitrogens with zero attached hydrogens (tertiary/aromatic N) is 1. The summed E-state index contributed by atoms with van der Waals surface area (Å²) in [6.07, 6.45) is 0.467. The lowest BCUT2D eigenvalue weighted by Crippen LogP contribution is -2.23. The Labute approximate surface area is 99.3 Å². The van der Waals surface area contributed by atoms with Crippen molar-refractivity contribution in [1.29, 1.82) is 0 Å². The average Bonchev–Trinajstić information content (AvgIpc) is 2.72. The van der Waals surface area contributed by atoms with E-state index in [1.807, 2.05) is 12.3 Å². The van der Waals surface area contributed by atoms with Gasteiger partial charge in [-0.3, -0.25) is 0 Å². The van der Waals surface area contributed by atoms with Gasteiger partial charge in [-0.25, -0.2) is 13.4 Å². The van der Waals surface area contributed by atoms with Crippen molar-refractivity contribution in [3.05, 3.63) is 16.1 Å². The number of rotatable bonds is 3. The largest absolute Gasteiger partial charge is 0.392 e. The normalized spacial score (nSPS) is 25.8. The number of hydrogen-bond donors (Lipinski definition) is 1. The lowest BCUT2D eigenvalue weighted by Gasteiger charge is -2.14. The first-order valence-electron chi connectivity index (χ1n) is 5.26. The number of hydrogen-bond acceptors (Lipinski definition) is 5. The molecule has 0 aromatic carbocycles. The average molecular weight is 261 g/mol. The Bertz CT molecular complexity index is 466. The molecule has 2 atom stereocenters. The SMILES string of the molecule is Cc1csc(CC(O)C2CCS(=O)(=O)C2)n1. The van der Waals surface area contributed by atoms with Gasteiger partial charge >= 0.3 is 0 Å². The summed E-state index contributed by atoms with van der Waals surface area (Å²) in [6, 6.07) is 0. The van der Waals surface area contributed by atoms with E-state index in [0.29, 0.717) is 12.8 Å². The van der Waals surface area contributed by atoms with Crippen molar-refractivity contribution < 1.29 is 13.5 Å². The van der Waals surface area contributed by atoms with Gasteiger partial charge in [-0.15, -0.1) is 11.3 Å². The first kappa shape index (κ1) is 12.0. The number of aromatic nitrogens is 1. The highest BCUT2D eigenvalue weighted by atomic mass is 32.2. The third-order valence-electron chi connectivity index (χ3n) is 2.86. The van der Waals surface area contributed by atoms with Gasteiger partial charge in [0.2, 0.25) is 0 Å². The van der Waals surface area contributed by atoms with Gasteiger partial charge < -0.3 is 5.11 Å². The van der Waals surface area contributed by atoms with Crippen molar-refractivity contribution in [2.75, 3.05) is 11.5 Å². The van der Waals surface area contributed by atoms with E-state index in [1.54, 1.807) is 0 Å². The Morgan fingerprint density at radius 1 is 1.69 bits per heavy atom. The van der Waals surface area contributed by atoms with Crippen LogP contribution in [-0.2, 0) is 16.3 Å². The third-order valence-corrected chi connectivity index (χ3v) is 5.64. The first-order chi connectivity index (χ1) is 7.46. The summed E-state index contributed by atoms with van der Waals surface area (Å²) < 4.78 is 22.6. The van der Waals surface area contributed by atoms with Crippen LogP contribution in [0.2, 0.25) is 0 Å². The van der Waals surface area contributed by atoms with Gasteiger partial charge in [0.15, 0.2) is 9.84 Å². The van der Waals surface area contributed by atoms with Crippen molar-refractivity contribution in [3.63, 3.8) is 0 Å². The lowest BCUT2D eigenvalue weighted by molar-refractivity contribution is 0.120. The Morgan fingerprint density at radius 2 is 2.44 bits per heavy atom. The second-order valence-electron chi connectivity index (χ2n) is 4.32. The van der Waals surface area contributed by atoms with Crippen molar-refractivity contribution in [3.8, 4) is 0 Å². The fourth-order valence-electron chi connectivity index (χ4n) is 1.97. The Balaban J connectivity index is 1.96. The first-order valence-corrected chi connectivity index (χ1v) is 7.96. The molecule has 0 saturated carbocycles. The Hall–Kier alpha value is -0.460.